The van der Waals surface area contributed by atoms with Gasteiger partial charge in [-0.15, -0.1) is 12.4 Å². The zero-order chi connectivity index (χ0) is 6.91. The molecule has 0 saturated heterocycles. The van der Waals surface area contributed by atoms with Crippen LogP contribution in [0.25, 0.3) is 0 Å². The molecule has 0 unspecified atom stereocenters. The first-order valence-electron chi connectivity index (χ1n) is 3.94. The smallest absolute Gasteiger partial charge is 0.0177 e. The van der Waals surface area contributed by atoms with E-state index in [2.05, 4.69) is 13.8 Å². The zero-order valence-corrected chi connectivity index (χ0v) is 7.71. The second-order valence-electron chi connectivity index (χ2n) is 3.59. The molecule has 0 heterocycles. The molecule has 0 radical (unpaired) electrons. The summed E-state index contributed by atoms with van der Waals surface area (Å²) in [4.78, 5) is 0. The van der Waals surface area contributed by atoms with Crippen LogP contribution in [0.1, 0.15) is 39.5 Å². The summed E-state index contributed by atoms with van der Waals surface area (Å²) in [6.45, 7) is 4.46. The molecule has 2 heteroatoms. The van der Waals surface area contributed by atoms with Crippen LogP contribution in [0.2, 0.25) is 0 Å². The van der Waals surface area contributed by atoms with Crippen LogP contribution in [0.4, 0.5) is 0 Å². The molecular weight excluding hydrogens is 146 g/mol. The van der Waals surface area contributed by atoms with Gasteiger partial charge in [0.25, 0.3) is 0 Å². The molecule has 1 nitrogen and oxygen atoms in total. The lowest BCUT2D eigenvalue weighted by Gasteiger charge is -2.27. The summed E-state index contributed by atoms with van der Waals surface area (Å²) in [5.74, 6) is 0.667. The average molecular weight is 164 g/mol. The molecule has 1 fully saturated rings. The van der Waals surface area contributed by atoms with Crippen molar-refractivity contribution in [1.29, 1.82) is 0 Å². The topological polar surface area (TPSA) is 26.0 Å². The van der Waals surface area contributed by atoms with Gasteiger partial charge in [0.2, 0.25) is 0 Å². The van der Waals surface area contributed by atoms with Gasteiger partial charge in [0.15, 0.2) is 0 Å². The van der Waals surface area contributed by atoms with Crippen molar-refractivity contribution in [3.05, 3.63) is 0 Å². The van der Waals surface area contributed by atoms with Gasteiger partial charge in [0.1, 0.15) is 0 Å². The van der Waals surface area contributed by atoms with Crippen LogP contribution in [0.15, 0.2) is 0 Å². The molecule has 0 bridgehead atoms. The molecular formula is C8H18ClN. The Morgan fingerprint density at radius 3 is 1.80 bits per heavy atom. The van der Waals surface area contributed by atoms with Gasteiger partial charge in [-0.3, -0.25) is 0 Å². The van der Waals surface area contributed by atoms with Gasteiger partial charge in [-0.1, -0.05) is 26.7 Å². The van der Waals surface area contributed by atoms with Gasteiger partial charge < -0.3 is 5.73 Å². The predicted molar refractivity (Wildman–Crippen MR) is 47.5 cm³/mol. The zero-order valence-electron chi connectivity index (χ0n) is 6.89. The number of hydrogen-bond donors (Lipinski definition) is 1. The van der Waals surface area contributed by atoms with E-state index in [0.29, 0.717) is 5.92 Å². The van der Waals surface area contributed by atoms with Gasteiger partial charge in [-0.05, 0) is 18.8 Å². The molecule has 0 aromatic heterocycles. The monoisotopic (exact) mass is 163 g/mol. The Labute approximate surface area is 69.8 Å². The first-order valence-corrected chi connectivity index (χ1v) is 3.94. The van der Waals surface area contributed by atoms with Crippen molar-refractivity contribution in [1.82, 2.24) is 0 Å². The summed E-state index contributed by atoms with van der Waals surface area (Å²) in [6.07, 6.45) is 5.17. The van der Waals surface area contributed by atoms with E-state index in [1.54, 1.807) is 0 Å². The lowest BCUT2D eigenvalue weighted by Crippen LogP contribution is -2.41. The first-order chi connectivity index (χ1) is 4.15. The number of nitrogens with two attached hydrogens (primary N) is 1. The fraction of sp³-hybridized carbons (Fsp3) is 1.00. The Morgan fingerprint density at radius 2 is 1.60 bits per heavy atom. The normalized spacial score (nSPS) is 22.8. The van der Waals surface area contributed by atoms with E-state index in [0.717, 1.165) is 0 Å². The van der Waals surface area contributed by atoms with E-state index >= 15 is 0 Å². The second-order valence-corrected chi connectivity index (χ2v) is 3.59. The lowest BCUT2D eigenvalue weighted by atomic mass is 9.86. The van der Waals surface area contributed by atoms with Crippen molar-refractivity contribution in [2.75, 3.05) is 0 Å². The van der Waals surface area contributed by atoms with E-state index < -0.39 is 0 Å². The van der Waals surface area contributed by atoms with Crippen molar-refractivity contribution in [3.63, 3.8) is 0 Å². The lowest BCUT2D eigenvalue weighted by molar-refractivity contribution is 0.318. The summed E-state index contributed by atoms with van der Waals surface area (Å²) in [5.41, 5.74) is 6.30. The highest BCUT2D eigenvalue weighted by Crippen LogP contribution is 2.32. The van der Waals surface area contributed by atoms with Crippen LogP contribution in [-0.2, 0) is 0 Å². The minimum atomic E-state index is 0. The third-order valence-corrected chi connectivity index (χ3v) is 2.68. The van der Waals surface area contributed by atoms with Gasteiger partial charge in [0, 0.05) is 5.54 Å². The highest BCUT2D eigenvalue weighted by molar-refractivity contribution is 5.85. The van der Waals surface area contributed by atoms with Crippen LogP contribution in [0, 0.1) is 5.92 Å². The fourth-order valence-electron chi connectivity index (χ4n) is 1.61. The summed E-state index contributed by atoms with van der Waals surface area (Å²) < 4.78 is 0. The van der Waals surface area contributed by atoms with Gasteiger partial charge in [-0.25, -0.2) is 0 Å². The van der Waals surface area contributed by atoms with Crippen LogP contribution in [-0.4, -0.2) is 5.54 Å². The first kappa shape index (κ1) is 10.2. The van der Waals surface area contributed by atoms with Crippen molar-refractivity contribution in [3.8, 4) is 0 Å². The van der Waals surface area contributed by atoms with Gasteiger partial charge in [-0.2, -0.15) is 0 Å². The molecule has 10 heavy (non-hydrogen) atoms. The minimum Gasteiger partial charge on any atom is -0.325 e. The van der Waals surface area contributed by atoms with Crippen molar-refractivity contribution >= 4 is 12.4 Å². The highest BCUT2D eigenvalue weighted by atomic mass is 35.5. The molecule has 1 rings (SSSR count). The average Bonchev–Trinajstić information content (AvgIpc) is 2.16. The Kier molecular flexibility index (Phi) is 3.68. The summed E-state index contributed by atoms with van der Waals surface area (Å²) >= 11 is 0. The maximum Gasteiger partial charge on any atom is 0.0177 e. The van der Waals surface area contributed by atoms with Gasteiger partial charge in [0.05, 0.1) is 0 Å². The number of halogens is 1. The minimum absolute atomic E-state index is 0. The molecule has 62 valence electrons. The quantitative estimate of drug-likeness (QED) is 0.631. The largest absolute Gasteiger partial charge is 0.325 e. The maximum absolute atomic E-state index is 6.10. The van der Waals surface area contributed by atoms with Crippen molar-refractivity contribution < 1.29 is 0 Å². The van der Waals surface area contributed by atoms with Crippen LogP contribution < -0.4 is 5.73 Å². The van der Waals surface area contributed by atoms with E-state index in [9.17, 15) is 0 Å². The predicted octanol–water partition coefficient (Wildman–Crippen LogP) is 2.34. The molecule has 0 aliphatic heterocycles. The molecule has 1 aliphatic carbocycles. The van der Waals surface area contributed by atoms with E-state index in [-0.39, 0.29) is 17.9 Å². The third-order valence-electron chi connectivity index (χ3n) is 2.68. The highest BCUT2D eigenvalue weighted by Gasteiger charge is 2.31. The number of rotatable bonds is 1. The fourth-order valence-corrected chi connectivity index (χ4v) is 1.61. The summed E-state index contributed by atoms with van der Waals surface area (Å²) in [7, 11) is 0. The molecule has 2 N–H and O–H groups in total. The van der Waals surface area contributed by atoms with E-state index in [1.165, 1.54) is 25.7 Å². The number of hydrogen-bond acceptors (Lipinski definition) is 1. The summed E-state index contributed by atoms with van der Waals surface area (Å²) in [6, 6.07) is 0. The molecule has 1 saturated carbocycles. The Hall–Kier alpha value is 0.250. The van der Waals surface area contributed by atoms with Crippen molar-refractivity contribution in [2.24, 2.45) is 11.7 Å². The van der Waals surface area contributed by atoms with Crippen LogP contribution in [0.5, 0.6) is 0 Å². The molecule has 0 atom stereocenters. The maximum atomic E-state index is 6.10. The SMILES string of the molecule is CC(C)C1(N)CCCC1.Cl. The Bertz CT molecular complexity index is 95.4. The molecule has 0 aromatic carbocycles. The Morgan fingerprint density at radius 1 is 1.20 bits per heavy atom. The third kappa shape index (κ3) is 1.86. The molecule has 0 aromatic rings. The van der Waals surface area contributed by atoms with Crippen LogP contribution in [0.3, 0.4) is 0 Å². The van der Waals surface area contributed by atoms with Crippen LogP contribution >= 0.6 is 12.4 Å². The molecule has 1 aliphatic rings. The Balaban J connectivity index is 0.000000810. The standard InChI is InChI=1S/C8H17N.ClH/c1-7(2)8(9)5-3-4-6-8;/h7H,3-6,9H2,1-2H3;1H. The molecule has 0 spiro atoms. The molecule has 0 amide bonds. The second kappa shape index (κ2) is 3.59. The van der Waals surface area contributed by atoms with E-state index in [1.807, 2.05) is 0 Å². The van der Waals surface area contributed by atoms with Gasteiger partial charge >= 0.3 is 0 Å². The summed E-state index contributed by atoms with van der Waals surface area (Å²) in [5, 5.41) is 0. The van der Waals surface area contributed by atoms with Crippen molar-refractivity contribution in [2.45, 2.75) is 45.1 Å². The van der Waals surface area contributed by atoms with E-state index in [4.69, 9.17) is 5.73 Å².